The maximum Gasteiger partial charge on any atom is 0.141 e. The summed E-state index contributed by atoms with van der Waals surface area (Å²) in [4.78, 5) is 14.9. The molecular weight excluding hydrogens is 312 g/mol. The first-order valence-electron chi connectivity index (χ1n) is 9.02. The molecule has 1 aliphatic heterocycles. The third-order valence-corrected chi connectivity index (χ3v) is 5.05. The first-order valence-corrected chi connectivity index (χ1v) is 9.02. The number of H-pyrrole nitrogens is 1. The summed E-state index contributed by atoms with van der Waals surface area (Å²) in [6.45, 7) is 4.80. The number of rotatable bonds is 6. The number of nitrogens with zero attached hydrogens (tertiary/aromatic N) is 5. The number of aromatic nitrogens is 5. The summed E-state index contributed by atoms with van der Waals surface area (Å²) in [5.74, 6) is 1.03. The van der Waals surface area contributed by atoms with Crippen molar-refractivity contribution in [3.8, 4) is 0 Å². The molecule has 0 fully saturated rings. The highest BCUT2D eigenvalue weighted by Crippen LogP contribution is 2.32. The van der Waals surface area contributed by atoms with Crippen molar-refractivity contribution < 1.29 is 0 Å². The molecule has 4 rings (SSSR count). The van der Waals surface area contributed by atoms with Crippen molar-refractivity contribution >= 4 is 0 Å². The lowest BCUT2D eigenvalue weighted by molar-refractivity contribution is 0.156. The van der Waals surface area contributed by atoms with Gasteiger partial charge in [0.25, 0.3) is 0 Å². The smallest absolute Gasteiger partial charge is 0.141 e. The lowest BCUT2D eigenvalue weighted by atomic mass is 9.96. The summed E-state index contributed by atoms with van der Waals surface area (Å²) in [5, 5.41) is 4.31. The van der Waals surface area contributed by atoms with Gasteiger partial charge in [0.05, 0.1) is 24.6 Å². The second kappa shape index (κ2) is 7.19. The van der Waals surface area contributed by atoms with Crippen LogP contribution in [0.4, 0.5) is 0 Å². The number of aryl methyl sites for hydroxylation is 2. The van der Waals surface area contributed by atoms with Gasteiger partial charge in [0.1, 0.15) is 12.2 Å². The highest BCUT2D eigenvalue weighted by Gasteiger charge is 2.30. The highest BCUT2D eigenvalue weighted by atomic mass is 15.3. The quantitative estimate of drug-likeness (QED) is 0.752. The molecule has 0 aliphatic carbocycles. The fourth-order valence-electron chi connectivity index (χ4n) is 3.72. The van der Waals surface area contributed by atoms with E-state index in [0.717, 1.165) is 44.7 Å². The number of nitrogens with one attached hydrogen (secondary N) is 1. The van der Waals surface area contributed by atoms with Gasteiger partial charge in [0.2, 0.25) is 0 Å². The van der Waals surface area contributed by atoms with E-state index in [1.54, 1.807) is 6.33 Å². The number of hydrogen-bond acceptors (Lipinski definition) is 4. The largest absolute Gasteiger partial charge is 0.348 e. The molecule has 6 nitrogen and oxygen atoms in total. The van der Waals surface area contributed by atoms with E-state index in [4.69, 9.17) is 0 Å². The molecule has 3 heterocycles. The molecule has 25 heavy (non-hydrogen) atoms. The predicted octanol–water partition coefficient (Wildman–Crippen LogP) is 2.75. The summed E-state index contributed by atoms with van der Waals surface area (Å²) < 4.78 is 1.98. The Morgan fingerprint density at radius 2 is 2.08 bits per heavy atom. The molecule has 0 radical (unpaired) electrons. The molecule has 1 aliphatic rings. The molecule has 1 aromatic carbocycles. The number of fused-ring (bicyclic) bond motifs is 1. The second-order valence-electron chi connectivity index (χ2n) is 6.52. The summed E-state index contributed by atoms with van der Waals surface area (Å²) in [7, 11) is 0. The van der Waals surface area contributed by atoms with Crippen molar-refractivity contribution in [2.75, 3.05) is 6.54 Å². The van der Waals surface area contributed by atoms with E-state index < -0.39 is 0 Å². The number of benzene rings is 1. The number of aromatic amines is 1. The second-order valence-corrected chi connectivity index (χ2v) is 6.52. The zero-order valence-electron chi connectivity index (χ0n) is 14.6. The minimum absolute atomic E-state index is 0.317. The highest BCUT2D eigenvalue weighted by molar-refractivity contribution is 5.21. The van der Waals surface area contributed by atoms with Crippen molar-refractivity contribution in [2.24, 2.45) is 0 Å². The van der Waals surface area contributed by atoms with Crippen LogP contribution in [0.1, 0.15) is 42.2 Å². The average molecular weight is 336 g/mol. The van der Waals surface area contributed by atoms with Crippen molar-refractivity contribution in [3.63, 3.8) is 0 Å². The van der Waals surface area contributed by atoms with Crippen LogP contribution in [-0.4, -0.2) is 36.2 Å². The van der Waals surface area contributed by atoms with Crippen LogP contribution in [0.2, 0.25) is 0 Å². The van der Waals surface area contributed by atoms with Gasteiger partial charge in [-0.05, 0) is 25.3 Å². The van der Waals surface area contributed by atoms with Crippen LogP contribution in [0.3, 0.4) is 0 Å². The van der Waals surface area contributed by atoms with Gasteiger partial charge in [-0.15, -0.1) is 0 Å². The Morgan fingerprint density at radius 3 is 2.92 bits per heavy atom. The summed E-state index contributed by atoms with van der Waals surface area (Å²) in [6, 6.07) is 11.0. The molecule has 130 valence electrons. The lowest BCUT2D eigenvalue weighted by Crippen LogP contribution is -2.36. The Balaban J connectivity index is 1.54. The van der Waals surface area contributed by atoms with E-state index in [9.17, 15) is 0 Å². The molecule has 0 unspecified atom stereocenters. The van der Waals surface area contributed by atoms with Crippen LogP contribution < -0.4 is 0 Å². The molecule has 1 atom stereocenters. The topological polar surface area (TPSA) is 62.6 Å². The Hall–Kier alpha value is -2.47. The van der Waals surface area contributed by atoms with Crippen molar-refractivity contribution in [1.29, 1.82) is 0 Å². The van der Waals surface area contributed by atoms with Crippen molar-refractivity contribution in [2.45, 2.75) is 45.3 Å². The van der Waals surface area contributed by atoms with E-state index in [2.05, 4.69) is 62.2 Å². The fourth-order valence-corrected chi connectivity index (χ4v) is 3.72. The summed E-state index contributed by atoms with van der Waals surface area (Å²) in [5.41, 5.74) is 3.86. The van der Waals surface area contributed by atoms with Crippen LogP contribution in [0.15, 0.2) is 43.0 Å². The minimum atomic E-state index is 0.317. The van der Waals surface area contributed by atoms with Gasteiger partial charge < -0.3 is 4.98 Å². The Bertz CT molecular complexity index is 806. The molecule has 1 N–H and O–H groups in total. The van der Waals surface area contributed by atoms with Crippen LogP contribution in [-0.2, 0) is 25.9 Å². The first-order chi connectivity index (χ1) is 12.3. The molecule has 0 amide bonds. The van der Waals surface area contributed by atoms with E-state index in [0.29, 0.717) is 6.04 Å². The molecule has 0 saturated heterocycles. The number of hydrogen-bond donors (Lipinski definition) is 1. The van der Waals surface area contributed by atoms with Crippen LogP contribution >= 0.6 is 0 Å². The van der Waals surface area contributed by atoms with Gasteiger partial charge in [0.15, 0.2) is 0 Å². The van der Waals surface area contributed by atoms with E-state index >= 15 is 0 Å². The summed E-state index contributed by atoms with van der Waals surface area (Å²) in [6.07, 6.45) is 6.61. The van der Waals surface area contributed by atoms with Gasteiger partial charge >= 0.3 is 0 Å². The molecular formula is C19H24N6. The predicted molar refractivity (Wildman–Crippen MR) is 95.9 cm³/mol. The third-order valence-electron chi connectivity index (χ3n) is 5.05. The first kappa shape index (κ1) is 16.0. The van der Waals surface area contributed by atoms with E-state index in [-0.39, 0.29) is 0 Å². The zero-order chi connectivity index (χ0) is 17.1. The van der Waals surface area contributed by atoms with E-state index in [1.165, 1.54) is 17.0 Å². The van der Waals surface area contributed by atoms with Gasteiger partial charge in [-0.3, -0.25) is 4.90 Å². The molecule has 2 aromatic heterocycles. The van der Waals surface area contributed by atoms with Crippen molar-refractivity contribution in [3.05, 3.63) is 65.8 Å². The zero-order valence-corrected chi connectivity index (χ0v) is 14.6. The van der Waals surface area contributed by atoms with Gasteiger partial charge in [0, 0.05) is 25.2 Å². The van der Waals surface area contributed by atoms with E-state index in [1.807, 2.05) is 11.0 Å². The van der Waals surface area contributed by atoms with Gasteiger partial charge in [-0.2, -0.15) is 5.10 Å². The normalized spacial score (nSPS) is 17.6. The lowest BCUT2D eigenvalue weighted by Gasteiger charge is -2.34. The Kier molecular flexibility index (Phi) is 4.61. The van der Waals surface area contributed by atoms with Crippen LogP contribution in [0, 0.1) is 0 Å². The Morgan fingerprint density at radius 1 is 1.20 bits per heavy atom. The van der Waals surface area contributed by atoms with Crippen LogP contribution in [0.25, 0.3) is 0 Å². The van der Waals surface area contributed by atoms with Crippen molar-refractivity contribution in [1.82, 2.24) is 29.6 Å². The molecule has 6 heteroatoms. The molecule has 3 aromatic rings. The number of imidazole rings is 1. The minimum Gasteiger partial charge on any atom is -0.348 e. The average Bonchev–Trinajstić information content (AvgIpc) is 3.30. The molecule has 0 bridgehead atoms. The Labute approximate surface area is 147 Å². The maximum atomic E-state index is 4.63. The maximum absolute atomic E-state index is 4.63. The van der Waals surface area contributed by atoms with Gasteiger partial charge in [-0.1, -0.05) is 30.3 Å². The molecule has 0 saturated carbocycles. The SMILES string of the molecule is CCn1ncnc1CN1CCc2[nH]cnc2[C@H]1CCc1ccccc1. The van der Waals surface area contributed by atoms with Crippen LogP contribution in [0.5, 0.6) is 0 Å². The monoisotopic (exact) mass is 336 g/mol. The standard InChI is InChI=1S/C19H24N6/c1-2-25-18(21-14-23-25)12-24-11-10-16-19(22-13-20-16)17(24)9-8-15-6-4-3-5-7-15/h3-7,13-14,17H,2,8-12H2,1H3,(H,20,22)/t17-/m1/s1. The summed E-state index contributed by atoms with van der Waals surface area (Å²) >= 11 is 0. The third kappa shape index (κ3) is 3.35. The fraction of sp³-hybridized carbons (Fsp3) is 0.421. The molecule has 0 spiro atoms. The van der Waals surface area contributed by atoms with Gasteiger partial charge in [-0.25, -0.2) is 14.6 Å².